The molecule has 2 N–H and O–H groups in total. The predicted molar refractivity (Wildman–Crippen MR) is 70.0 cm³/mol. The molecule has 7 heteroatoms. The summed E-state index contributed by atoms with van der Waals surface area (Å²) in [7, 11) is 0. The molecule has 2 aromatic rings. The zero-order valence-corrected chi connectivity index (χ0v) is 10.6. The minimum absolute atomic E-state index is 0.277. The Balaban J connectivity index is 1.43. The lowest BCUT2D eigenvalue weighted by molar-refractivity contribution is 0.0427. The number of aromatic nitrogens is 4. The summed E-state index contributed by atoms with van der Waals surface area (Å²) in [5.41, 5.74) is 0.747. The number of nitrogens with zero attached hydrogens (tertiary/aromatic N) is 3. The third-order valence-electron chi connectivity index (χ3n) is 3.10. The Labute approximate surface area is 110 Å². The van der Waals surface area contributed by atoms with Gasteiger partial charge in [0.2, 0.25) is 0 Å². The Morgan fingerprint density at radius 2 is 2.47 bits per heavy atom. The van der Waals surface area contributed by atoms with Crippen LogP contribution in [0.4, 0.5) is 5.82 Å². The number of fused-ring (bicyclic) bond motifs is 1. The van der Waals surface area contributed by atoms with Gasteiger partial charge in [-0.2, -0.15) is 5.10 Å². The summed E-state index contributed by atoms with van der Waals surface area (Å²) in [6, 6.07) is 0. The lowest BCUT2D eigenvalue weighted by Gasteiger charge is -2.10. The highest BCUT2D eigenvalue weighted by Crippen LogP contribution is 2.15. The van der Waals surface area contributed by atoms with Crippen LogP contribution in [-0.2, 0) is 9.47 Å². The lowest BCUT2D eigenvalue weighted by Crippen LogP contribution is -2.15. The van der Waals surface area contributed by atoms with Gasteiger partial charge in [-0.05, 0) is 12.8 Å². The normalized spacial score (nSPS) is 19.1. The Kier molecular flexibility index (Phi) is 3.85. The van der Waals surface area contributed by atoms with Crippen LogP contribution in [0.5, 0.6) is 0 Å². The van der Waals surface area contributed by atoms with Crippen LogP contribution in [-0.4, -0.2) is 52.6 Å². The van der Waals surface area contributed by atoms with E-state index >= 15 is 0 Å². The van der Waals surface area contributed by atoms with Gasteiger partial charge < -0.3 is 14.8 Å². The first-order valence-corrected chi connectivity index (χ1v) is 6.51. The zero-order chi connectivity index (χ0) is 12.9. The Bertz CT molecular complexity index is 524. The second-order valence-corrected chi connectivity index (χ2v) is 4.49. The second-order valence-electron chi connectivity index (χ2n) is 4.49. The van der Waals surface area contributed by atoms with Crippen molar-refractivity contribution in [3.8, 4) is 0 Å². The second kappa shape index (κ2) is 5.94. The molecule has 0 radical (unpaired) electrons. The van der Waals surface area contributed by atoms with Crippen molar-refractivity contribution in [3.63, 3.8) is 0 Å². The van der Waals surface area contributed by atoms with Gasteiger partial charge in [-0.1, -0.05) is 0 Å². The van der Waals surface area contributed by atoms with Gasteiger partial charge in [-0.15, -0.1) is 0 Å². The SMILES string of the molecule is c1nc(NCCCO[C@@H]2CCOC2)c2cn[nH]c2n1. The summed E-state index contributed by atoms with van der Waals surface area (Å²) in [5.74, 6) is 0.808. The third-order valence-corrected chi connectivity index (χ3v) is 3.10. The maximum atomic E-state index is 5.70. The molecule has 0 amide bonds. The predicted octanol–water partition coefficient (Wildman–Crippen LogP) is 0.960. The molecule has 0 unspecified atom stereocenters. The molecule has 3 heterocycles. The van der Waals surface area contributed by atoms with Crippen molar-refractivity contribution >= 4 is 16.9 Å². The molecule has 0 bridgehead atoms. The Hall–Kier alpha value is -1.73. The number of H-pyrrole nitrogens is 1. The van der Waals surface area contributed by atoms with Crippen LogP contribution in [0.2, 0.25) is 0 Å². The van der Waals surface area contributed by atoms with Crippen molar-refractivity contribution in [1.82, 2.24) is 20.2 Å². The highest BCUT2D eigenvalue weighted by Gasteiger charge is 2.15. The maximum absolute atomic E-state index is 5.70. The van der Waals surface area contributed by atoms with Crippen molar-refractivity contribution in [2.24, 2.45) is 0 Å². The lowest BCUT2D eigenvalue weighted by atomic mass is 10.3. The van der Waals surface area contributed by atoms with Gasteiger partial charge in [0.25, 0.3) is 0 Å². The van der Waals surface area contributed by atoms with Gasteiger partial charge in [0, 0.05) is 19.8 Å². The third kappa shape index (κ3) is 2.99. The highest BCUT2D eigenvalue weighted by atomic mass is 16.5. The maximum Gasteiger partial charge on any atom is 0.160 e. The van der Waals surface area contributed by atoms with Crippen LogP contribution in [0.3, 0.4) is 0 Å². The van der Waals surface area contributed by atoms with E-state index < -0.39 is 0 Å². The molecule has 1 saturated heterocycles. The van der Waals surface area contributed by atoms with Crippen LogP contribution >= 0.6 is 0 Å². The van der Waals surface area contributed by atoms with E-state index in [9.17, 15) is 0 Å². The van der Waals surface area contributed by atoms with Crippen molar-refractivity contribution in [1.29, 1.82) is 0 Å². The summed E-state index contributed by atoms with van der Waals surface area (Å²) in [4.78, 5) is 8.30. The molecule has 19 heavy (non-hydrogen) atoms. The quantitative estimate of drug-likeness (QED) is 0.755. The van der Waals surface area contributed by atoms with Crippen molar-refractivity contribution < 1.29 is 9.47 Å². The molecule has 0 aromatic carbocycles. The number of aromatic amines is 1. The van der Waals surface area contributed by atoms with Gasteiger partial charge in [0.05, 0.1) is 24.3 Å². The largest absolute Gasteiger partial charge is 0.379 e. The smallest absolute Gasteiger partial charge is 0.160 e. The minimum atomic E-state index is 0.277. The summed E-state index contributed by atoms with van der Waals surface area (Å²) < 4.78 is 11.0. The number of hydrogen-bond donors (Lipinski definition) is 2. The zero-order valence-electron chi connectivity index (χ0n) is 10.6. The Morgan fingerprint density at radius 1 is 1.47 bits per heavy atom. The first-order chi connectivity index (χ1) is 9.43. The molecular formula is C12H17N5O2. The molecule has 3 rings (SSSR count). The average Bonchev–Trinajstić information content (AvgIpc) is 3.09. The van der Waals surface area contributed by atoms with Gasteiger partial charge >= 0.3 is 0 Å². The number of anilines is 1. The molecule has 7 nitrogen and oxygen atoms in total. The van der Waals surface area contributed by atoms with Crippen LogP contribution in [0.15, 0.2) is 12.5 Å². The van der Waals surface area contributed by atoms with E-state index in [0.717, 1.165) is 56.1 Å². The van der Waals surface area contributed by atoms with Crippen molar-refractivity contribution in [2.45, 2.75) is 18.9 Å². The van der Waals surface area contributed by atoms with E-state index in [1.807, 2.05) is 0 Å². The summed E-state index contributed by atoms with van der Waals surface area (Å²) in [6.45, 7) is 3.10. The van der Waals surface area contributed by atoms with E-state index in [4.69, 9.17) is 9.47 Å². The van der Waals surface area contributed by atoms with E-state index in [1.165, 1.54) is 6.33 Å². The van der Waals surface area contributed by atoms with E-state index in [-0.39, 0.29) is 6.10 Å². The summed E-state index contributed by atoms with van der Waals surface area (Å²) >= 11 is 0. The molecular weight excluding hydrogens is 246 g/mol. The van der Waals surface area contributed by atoms with Crippen molar-refractivity contribution in [2.75, 3.05) is 31.7 Å². The number of rotatable bonds is 6. The topological polar surface area (TPSA) is 85.0 Å². The molecule has 102 valence electrons. The number of ether oxygens (including phenoxy) is 2. The fourth-order valence-corrected chi connectivity index (χ4v) is 2.08. The minimum Gasteiger partial charge on any atom is -0.379 e. The highest BCUT2D eigenvalue weighted by molar-refractivity contribution is 5.85. The molecule has 1 aliphatic heterocycles. The summed E-state index contributed by atoms with van der Waals surface area (Å²) in [6.07, 6.45) is 5.47. The first-order valence-electron chi connectivity index (χ1n) is 6.51. The van der Waals surface area contributed by atoms with Gasteiger partial charge in [0.15, 0.2) is 5.65 Å². The fourth-order valence-electron chi connectivity index (χ4n) is 2.08. The van der Waals surface area contributed by atoms with Gasteiger partial charge in [-0.3, -0.25) is 5.10 Å². The molecule has 1 aliphatic rings. The molecule has 0 spiro atoms. The van der Waals surface area contributed by atoms with Crippen LogP contribution in [0.1, 0.15) is 12.8 Å². The van der Waals surface area contributed by atoms with E-state index in [2.05, 4.69) is 25.5 Å². The van der Waals surface area contributed by atoms with Gasteiger partial charge in [0.1, 0.15) is 12.1 Å². The number of hydrogen-bond acceptors (Lipinski definition) is 6. The average molecular weight is 263 g/mol. The van der Waals surface area contributed by atoms with Crippen LogP contribution in [0, 0.1) is 0 Å². The first kappa shape index (κ1) is 12.3. The monoisotopic (exact) mass is 263 g/mol. The Morgan fingerprint density at radius 3 is 3.37 bits per heavy atom. The standard InChI is InChI=1S/C12H17N5O2/c1(4-19-9-2-5-18-7-9)3-13-11-10-6-16-17-12(10)15-8-14-11/h6,8-9H,1-5,7H2,(H2,13,14,15,16,17)/t9-/m1/s1. The summed E-state index contributed by atoms with van der Waals surface area (Å²) in [5, 5.41) is 11.0. The molecule has 0 saturated carbocycles. The van der Waals surface area contributed by atoms with E-state index in [1.54, 1.807) is 6.20 Å². The molecule has 1 atom stereocenters. The molecule has 0 aliphatic carbocycles. The van der Waals surface area contributed by atoms with Crippen molar-refractivity contribution in [3.05, 3.63) is 12.5 Å². The van der Waals surface area contributed by atoms with E-state index in [0.29, 0.717) is 0 Å². The molecule has 1 fully saturated rings. The molecule has 2 aromatic heterocycles. The fraction of sp³-hybridized carbons (Fsp3) is 0.583. The number of nitrogens with one attached hydrogen (secondary N) is 2. The van der Waals surface area contributed by atoms with Crippen LogP contribution in [0.25, 0.3) is 11.0 Å². The van der Waals surface area contributed by atoms with Gasteiger partial charge in [-0.25, -0.2) is 9.97 Å². The van der Waals surface area contributed by atoms with Crippen LogP contribution < -0.4 is 5.32 Å².